The van der Waals surface area contributed by atoms with Crippen molar-refractivity contribution < 1.29 is 22.3 Å². The maximum absolute atomic E-state index is 12.9. The van der Waals surface area contributed by atoms with Crippen LogP contribution >= 0.6 is 0 Å². The number of nitrogens with zero attached hydrogens (tertiary/aromatic N) is 2. The number of ether oxygens (including phenoxy) is 1. The van der Waals surface area contributed by atoms with Crippen molar-refractivity contribution in [2.75, 3.05) is 26.2 Å². The van der Waals surface area contributed by atoms with E-state index in [4.69, 9.17) is 14.9 Å². The number of aryl methyl sites for hydroxylation is 1. The van der Waals surface area contributed by atoms with Gasteiger partial charge in [-0.1, -0.05) is 6.07 Å². The Hall–Kier alpha value is -1.90. The van der Waals surface area contributed by atoms with E-state index in [9.17, 15) is 13.2 Å². The number of halogens is 3. The Morgan fingerprint density at radius 1 is 1.36 bits per heavy atom. The van der Waals surface area contributed by atoms with E-state index in [1.165, 1.54) is 6.07 Å². The zero-order valence-corrected chi connectivity index (χ0v) is 13.8. The average Bonchev–Trinajstić information content (AvgIpc) is 2.95. The van der Waals surface area contributed by atoms with E-state index in [-0.39, 0.29) is 12.0 Å². The number of nitrogens with two attached hydrogens (primary N) is 1. The van der Waals surface area contributed by atoms with Crippen molar-refractivity contribution in [3.63, 3.8) is 0 Å². The highest BCUT2D eigenvalue weighted by molar-refractivity contribution is 5.55. The topological polar surface area (TPSA) is 64.5 Å². The van der Waals surface area contributed by atoms with Crippen LogP contribution in [0.2, 0.25) is 0 Å². The number of aromatic nitrogens is 1. The molecule has 0 bridgehead atoms. The molecule has 1 aliphatic rings. The minimum Gasteiger partial charge on any atom is -0.441 e. The first-order valence-corrected chi connectivity index (χ1v) is 8.05. The molecule has 1 atom stereocenters. The lowest BCUT2D eigenvalue weighted by Gasteiger charge is -2.31. The van der Waals surface area contributed by atoms with E-state index in [2.05, 4.69) is 9.88 Å². The number of oxazole rings is 1. The van der Waals surface area contributed by atoms with Gasteiger partial charge in [0.15, 0.2) is 0 Å². The van der Waals surface area contributed by atoms with E-state index in [1.54, 1.807) is 13.0 Å². The van der Waals surface area contributed by atoms with Crippen molar-refractivity contribution in [2.24, 2.45) is 5.73 Å². The molecule has 1 fully saturated rings. The summed E-state index contributed by atoms with van der Waals surface area (Å²) < 4.78 is 49.7. The normalized spacial score (nSPS) is 19.3. The maximum atomic E-state index is 12.9. The lowest BCUT2D eigenvalue weighted by molar-refractivity contribution is -0.137. The summed E-state index contributed by atoms with van der Waals surface area (Å²) in [4.78, 5) is 6.55. The van der Waals surface area contributed by atoms with Gasteiger partial charge in [0, 0.05) is 31.7 Å². The Labute approximate surface area is 143 Å². The number of benzene rings is 1. The molecule has 2 heterocycles. The number of hydrogen-bond donors (Lipinski definition) is 1. The molecule has 1 aromatic heterocycles. The van der Waals surface area contributed by atoms with Gasteiger partial charge < -0.3 is 14.9 Å². The van der Waals surface area contributed by atoms with Crippen molar-refractivity contribution in [1.29, 1.82) is 0 Å². The van der Waals surface area contributed by atoms with Crippen molar-refractivity contribution in [3.05, 3.63) is 41.3 Å². The number of hydrogen-bond acceptors (Lipinski definition) is 5. The quantitative estimate of drug-likeness (QED) is 0.914. The fraction of sp³-hybridized carbons (Fsp3) is 0.471. The molecule has 1 aromatic carbocycles. The second-order valence-corrected chi connectivity index (χ2v) is 6.06. The Morgan fingerprint density at radius 3 is 2.88 bits per heavy atom. The van der Waals surface area contributed by atoms with Crippen LogP contribution < -0.4 is 5.73 Å². The highest BCUT2D eigenvalue weighted by atomic mass is 19.4. The van der Waals surface area contributed by atoms with E-state index in [1.807, 2.05) is 0 Å². The smallest absolute Gasteiger partial charge is 0.416 e. The number of morpholine rings is 1. The Bertz CT molecular complexity index is 730. The van der Waals surface area contributed by atoms with Crippen molar-refractivity contribution in [1.82, 2.24) is 9.88 Å². The van der Waals surface area contributed by atoms with Crippen molar-refractivity contribution in [3.8, 4) is 11.5 Å². The van der Waals surface area contributed by atoms with Gasteiger partial charge in [-0.2, -0.15) is 13.2 Å². The summed E-state index contributed by atoms with van der Waals surface area (Å²) in [6.45, 7) is 4.81. The average molecular weight is 355 g/mol. The first-order chi connectivity index (χ1) is 11.9. The van der Waals surface area contributed by atoms with Crippen LogP contribution in [-0.4, -0.2) is 42.2 Å². The van der Waals surface area contributed by atoms with Gasteiger partial charge in [-0.05, 0) is 25.1 Å². The standard InChI is InChI=1S/C17H20F3N3O2/c1-11-15(10-23-5-6-24-14(8-21)9-23)22-16(25-11)12-3-2-4-13(7-12)17(18,19)20/h2-4,7,14H,5-6,8-10,21H2,1H3. The van der Waals surface area contributed by atoms with Crippen LogP contribution in [0, 0.1) is 6.92 Å². The molecule has 1 unspecified atom stereocenters. The van der Waals surface area contributed by atoms with Crippen molar-refractivity contribution in [2.45, 2.75) is 25.7 Å². The molecule has 0 radical (unpaired) electrons. The van der Waals surface area contributed by atoms with Crippen LogP contribution in [-0.2, 0) is 17.5 Å². The summed E-state index contributed by atoms with van der Waals surface area (Å²) in [7, 11) is 0. The molecule has 3 rings (SSSR count). The third-order valence-corrected chi connectivity index (χ3v) is 4.19. The minimum atomic E-state index is -4.40. The van der Waals surface area contributed by atoms with Crippen LogP contribution in [0.25, 0.3) is 11.5 Å². The van der Waals surface area contributed by atoms with E-state index >= 15 is 0 Å². The lowest BCUT2D eigenvalue weighted by atomic mass is 10.1. The predicted octanol–water partition coefficient (Wildman–Crippen LogP) is 2.83. The van der Waals surface area contributed by atoms with Crippen LogP contribution in [0.5, 0.6) is 0 Å². The molecule has 5 nitrogen and oxygen atoms in total. The summed E-state index contributed by atoms with van der Waals surface area (Å²) in [5.41, 5.74) is 5.94. The van der Waals surface area contributed by atoms with Crippen molar-refractivity contribution >= 4 is 0 Å². The molecule has 1 aliphatic heterocycles. The zero-order valence-electron chi connectivity index (χ0n) is 13.8. The molecule has 0 spiro atoms. The first kappa shape index (κ1) is 17.9. The second kappa shape index (κ2) is 7.15. The van der Waals surface area contributed by atoms with Gasteiger partial charge in [-0.3, -0.25) is 4.90 Å². The molecule has 25 heavy (non-hydrogen) atoms. The molecule has 0 saturated carbocycles. The number of rotatable bonds is 4. The third-order valence-electron chi connectivity index (χ3n) is 4.19. The lowest BCUT2D eigenvalue weighted by Crippen LogP contribution is -2.45. The van der Waals surface area contributed by atoms with Crippen LogP contribution in [0.3, 0.4) is 0 Å². The van der Waals surface area contributed by atoms with E-state index in [0.717, 1.165) is 18.7 Å². The minimum absolute atomic E-state index is 0.0103. The summed E-state index contributed by atoms with van der Waals surface area (Å²) >= 11 is 0. The van der Waals surface area contributed by atoms with Gasteiger partial charge in [-0.25, -0.2) is 4.98 Å². The zero-order chi connectivity index (χ0) is 18.0. The second-order valence-electron chi connectivity index (χ2n) is 6.06. The molecule has 1 saturated heterocycles. The summed E-state index contributed by atoms with van der Waals surface area (Å²) in [6.07, 6.45) is -4.41. The van der Waals surface area contributed by atoms with Gasteiger partial charge in [0.2, 0.25) is 5.89 Å². The van der Waals surface area contributed by atoms with Gasteiger partial charge in [0.05, 0.1) is 24.0 Å². The SMILES string of the molecule is Cc1oc(-c2cccc(C(F)(F)F)c2)nc1CN1CCOC(CN)C1. The predicted molar refractivity (Wildman–Crippen MR) is 85.7 cm³/mol. The van der Waals surface area contributed by atoms with Gasteiger partial charge in [0.1, 0.15) is 5.76 Å². The number of alkyl halides is 3. The molecular formula is C17H20F3N3O2. The summed E-state index contributed by atoms with van der Waals surface area (Å²) in [6, 6.07) is 4.99. The molecule has 136 valence electrons. The molecule has 0 amide bonds. The molecule has 2 aromatic rings. The first-order valence-electron chi connectivity index (χ1n) is 8.05. The fourth-order valence-electron chi connectivity index (χ4n) is 2.81. The van der Waals surface area contributed by atoms with Crippen LogP contribution in [0.1, 0.15) is 17.0 Å². The monoisotopic (exact) mass is 355 g/mol. The van der Waals surface area contributed by atoms with Gasteiger partial charge >= 0.3 is 6.18 Å². The molecule has 8 heteroatoms. The largest absolute Gasteiger partial charge is 0.441 e. The van der Waals surface area contributed by atoms with Gasteiger partial charge in [-0.15, -0.1) is 0 Å². The van der Waals surface area contributed by atoms with Crippen LogP contribution in [0.15, 0.2) is 28.7 Å². The Morgan fingerprint density at radius 2 is 2.16 bits per heavy atom. The summed E-state index contributed by atoms with van der Waals surface area (Å²) in [5.74, 6) is 0.797. The maximum Gasteiger partial charge on any atom is 0.416 e. The third kappa shape index (κ3) is 4.20. The Kier molecular flexibility index (Phi) is 5.12. The van der Waals surface area contributed by atoms with Crippen LogP contribution in [0.4, 0.5) is 13.2 Å². The molecule has 2 N–H and O–H groups in total. The molecule has 0 aliphatic carbocycles. The highest BCUT2D eigenvalue weighted by Gasteiger charge is 2.31. The Balaban J connectivity index is 1.79. The van der Waals surface area contributed by atoms with E-state index in [0.29, 0.717) is 43.3 Å². The highest BCUT2D eigenvalue weighted by Crippen LogP contribution is 2.32. The fourth-order valence-corrected chi connectivity index (χ4v) is 2.81. The van der Waals surface area contributed by atoms with E-state index < -0.39 is 11.7 Å². The molecular weight excluding hydrogens is 335 g/mol. The summed E-state index contributed by atoms with van der Waals surface area (Å²) in [5, 5.41) is 0. The van der Waals surface area contributed by atoms with Gasteiger partial charge in [0.25, 0.3) is 0 Å².